The summed E-state index contributed by atoms with van der Waals surface area (Å²) >= 11 is 1.63. The number of aromatic nitrogens is 1. The number of hydrogen-bond donors (Lipinski definition) is 1. The van der Waals surface area contributed by atoms with Crippen molar-refractivity contribution in [3.05, 3.63) is 10.6 Å². The van der Waals surface area contributed by atoms with Gasteiger partial charge < -0.3 is 5.73 Å². The van der Waals surface area contributed by atoms with Gasteiger partial charge in [-0.15, -0.1) is 11.3 Å². The summed E-state index contributed by atoms with van der Waals surface area (Å²) in [6.45, 7) is 7.87. The Bertz CT molecular complexity index is 327. The molecule has 1 aromatic rings. The zero-order valence-corrected chi connectivity index (χ0v) is 10.3. The molecule has 0 aromatic carbocycles. The lowest BCUT2D eigenvalue weighted by Crippen LogP contribution is -2.32. The number of thiazole rings is 1. The first-order chi connectivity index (χ1) is 7.15. The smallest absolute Gasteiger partial charge is 0.180 e. The fraction of sp³-hybridized carbons (Fsp3) is 0.727. The van der Waals surface area contributed by atoms with Crippen molar-refractivity contribution in [2.75, 3.05) is 18.8 Å². The van der Waals surface area contributed by atoms with Crippen LogP contribution >= 0.6 is 11.3 Å². The van der Waals surface area contributed by atoms with E-state index in [9.17, 15) is 0 Å². The van der Waals surface area contributed by atoms with E-state index in [-0.39, 0.29) is 0 Å². The molecule has 0 amide bonds. The van der Waals surface area contributed by atoms with Crippen LogP contribution in [0.25, 0.3) is 0 Å². The predicted octanol–water partition coefficient (Wildman–Crippen LogP) is 2.27. The minimum Gasteiger partial charge on any atom is -0.375 e. The third-order valence-electron chi connectivity index (χ3n) is 3.15. The number of nitrogen functional groups attached to an aromatic ring is 1. The van der Waals surface area contributed by atoms with Crippen LogP contribution < -0.4 is 5.73 Å². The minimum absolute atomic E-state index is 0.702. The van der Waals surface area contributed by atoms with Gasteiger partial charge in [0.05, 0.1) is 5.69 Å². The zero-order valence-electron chi connectivity index (χ0n) is 9.49. The lowest BCUT2D eigenvalue weighted by Gasteiger charge is -2.29. The molecule has 1 saturated heterocycles. The summed E-state index contributed by atoms with van der Waals surface area (Å²) in [6.07, 6.45) is 2.65. The molecule has 0 atom stereocenters. The summed E-state index contributed by atoms with van der Waals surface area (Å²) in [5.41, 5.74) is 6.80. The number of piperidine rings is 1. The number of nitrogens with zero attached hydrogens (tertiary/aromatic N) is 2. The van der Waals surface area contributed by atoms with E-state index in [1.165, 1.54) is 30.8 Å². The van der Waals surface area contributed by atoms with Crippen LogP contribution in [-0.4, -0.2) is 23.0 Å². The molecule has 0 aliphatic carbocycles. The molecule has 4 heteroatoms. The van der Waals surface area contributed by atoms with Gasteiger partial charge in [0.2, 0.25) is 0 Å². The van der Waals surface area contributed by atoms with Crippen LogP contribution in [-0.2, 0) is 6.54 Å². The fourth-order valence-electron chi connectivity index (χ4n) is 2.02. The Balaban J connectivity index is 1.94. The van der Waals surface area contributed by atoms with Gasteiger partial charge in [0, 0.05) is 11.4 Å². The molecule has 0 radical (unpaired) electrons. The van der Waals surface area contributed by atoms with E-state index in [1.807, 2.05) is 0 Å². The molecule has 1 aliphatic heterocycles. The number of rotatable bonds is 2. The predicted molar refractivity (Wildman–Crippen MR) is 64.9 cm³/mol. The quantitative estimate of drug-likeness (QED) is 0.839. The highest BCUT2D eigenvalue weighted by Crippen LogP contribution is 2.24. The van der Waals surface area contributed by atoms with Crippen LogP contribution in [0.2, 0.25) is 0 Å². The van der Waals surface area contributed by atoms with E-state index in [2.05, 4.69) is 23.7 Å². The van der Waals surface area contributed by atoms with Gasteiger partial charge in [-0.2, -0.15) is 0 Å². The SMILES string of the molecule is Cc1nc(N)sc1CN1CCC(C)CC1. The topological polar surface area (TPSA) is 42.1 Å². The van der Waals surface area contributed by atoms with Crippen LogP contribution in [0.1, 0.15) is 30.3 Å². The molecule has 15 heavy (non-hydrogen) atoms. The van der Waals surface area contributed by atoms with Crippen LogP contribution in [0.3, 0.4) is 0 Å². The van der Waals surface area contributed by atoms with Gasteiger partial charge in [0.1, 0.15) is 0 Å². The molecule has 0 spiro atoms. The number of likely N-dealkylation sites (tertiary alicyclic amines) is 1. The normalized spacial score (nSPS) is 19.6. The number of hydrogen-bond acceptors (Lipinski definition) is 4. The van der Waals surface area contributed by atoms with Crippen molar-refractivity contribution in [2.45, 2.75) is 33.2 Å². The third-order valence-corrected chi connectivity index (χ3v) is 4.12. The molecule has 2 heterocycles. The minimum atomic E-state index is 0.702. The Morgan fingerprint density at radius 1 is 1.47 bits per heavy atom. The largest absolute Gasteiger partial charge is 0.375 e. The third kappa shape index (κ3) is 2.69. The first kappa shape index (κ1) is 10.9. The van der Waals surface area contributed by atoms with Crippen LogP contribution in [0.5, 0.6) is 0 Å². The van der Waals surface area contributed by atoms with E-state index >= 15 is 0 Å². The van der Waals surface area contributed by atoms with Crippen molar-refractivity contribution in [3.63, 3.8) is 0 Å². The van der Waals surface area contributed by atoms with Crippen molar-refractivity contribution in [3.8, 4) is 0 Å². The van der Waals surface area contributed by atoms with Crippen LogP contribution in [0.4, 0.5) is 5.13 Å². The van der Waals surface area contributed by atoms with Crippen molar-refractivity contribution >= 4 is 16.5 Å². The summed E-state index contributed by atoms with van der Waals surface area (Å²) in [7, 11) is 0. The second-order valence-corrected chi connectivity index (χ2v) is 5.63. The van der Waals surface area contributed by atoms with Gasteiger partial charge in [0.25, 0.3) is 0 Å². The molecule has 1 fully saturated rings. The Morgan fingerprint density at radius 3 is 2.67 bits per heavy atom. The maximum Gasteiger partial charge on any atom is 0.180 e. The molecule has 2 N–H and O–H groups in total. The summed E-state index contributed by atoms with van der Waals surface area (Å²) in [5, 5.41) is 0.702. The lowest BCUT2D eigenvalue weighted by molar-refractivity contribution is 0.186. The number of aryl methyl sites for hydroxylation is 1. The molecule has 84 valence electrons. The summed E-state index contributed by atoms with van der Waals surface area (Å²) in [6, 6.07) is 0. The van der Waals surface area contributed by atoms with E-state index in [1.54, 1.807) is 11.3 Å². The Morgan fingerprint density at radius 2 is 2.13 bits per heavy atom. The summed E-state index contributed by atoms with van der Waals surface area (Å²) in [5.74, 6) is 0.897. The molecule has 0 unspecified atom stereocenters. The molecule has 0 saturated carbocycles. The molecular weight excluding hydrogens is 206 g/mol. The highest BCUT2D eigenvalue weighted by molar-refractivity contribution is 7.15. The maximum atomic E-state index is 5.70. The second-order valence-electron chi connectivity index (χ2n) is 4.52. The average molecular weight is 225 g/mol. The first-order valence-corrected chi connectivity index (χ1v) is 6.41. The Labute approximate surface area is 95.3 Å². The van der Waals surface area contributed by atoms with Gasteiger partial charge in [-0.25, -0.2) is 4.98 Å². The van der Waals surface area contributed by atoms with E-state index in [4.69, 9.17) is 5.73 Å². The first-order valence-electron chi connectivity index (χ1n) is 5.59. The highest BCUT2D eigenvalue weighted by atomic mass is 32.1. The Kier molecular flexibility index (Phi) is 3.26. The molecule has 1 aliphatic rings. The van der Waals surface area contributed by atoms with Gasteiger partial charge in [-0.05, 0) is 38.8 Å². The van der Waals surface area contributed by atoms with E-state index < -0.39 is 0 Å². The molecule has 3 nitrogen and oxygen atoms in total. The fourth-order valence-corrected chi connectivity index (χ4v) is 2.90. The van der Waals surface area contributed by atoms with Crippen molar-refractivity contribution in [1.82, 2.24) is 9.88 Å². The standard InChI is InChI=1S/C11H19N3S/c1-8-3-5-14(6-4-8)7-10-9(2)13-11(12)15-10/h8H,3-7H2,1-2H3,(H2,12,13). The molecule has 2 rings (SSSR count). The lowest BCUT2D eigenvalue weighted by atomic mass is 9.99. The monoisotopic (exact) mass is 225 g/mol. The Hall–Kier alpha value is -0.610. The van der Waals surface area contributed by atoms with Crippen molar-refractivity contribution < 1.29 is 0 Å². The average Bonchev–Trinajstić information content (AvgIpc) is 2.49. The van der Waals surface area contributed by atoms with Gasteiger partial charge in [0.15, 0.2) is 5.13 Å². The zero-order chi connectivity index (χ0) is 10.8. The maximum absolute atomic E-state index is 5.70. The second kappa shape index (κ2) is 4.49. The number of nitrogens with two attached hydrogens (primary N) is 1. The molecule has 0 bridgehead atoms. The highest BCUT2D eigenvalue weighted by Gasteiger charge is 2.17. The van der Waals surface area contributed by atoms with Crippen LogP contribution in [0, 0.1) is 12.8 Å². The molecular formula is C11H19N3S. The van der Waals surface area contributed by atoms with Gasteiger partial charge in [-0.3, -0.25) is 4.90 Å². The van der Waals surface area contributed by atoms with Crippen LogP contribution in [0.15, 0.2) is 0 Å². The summed E-state index contributed by atoms with van der Waals surface area (Å²) < 4.78 is 0. The van der Waals surface area contributed by atoms with Crippen molar-refractivity contribution in [2.24, 2.45) is 5.92 Å². The van der Waals surface area contributed by atoms with E-state index in [0.717, 1.165) is 18.2 Å². The molecule has 1 aromatic heterocycles. The van der Waals surface area contributed by atoms with Gasteiger partial charge >= 0.3 is 0 Å². The van der Waals surface area contributed by atoms with Gasteiger partial charge in [-0.1, -0.05) is 6.92 Å². The van der Waals surface area contributed by atoms with E-state index in [0.29, 0.717) is 5.13 Å². The summed E-state index contributed by atoms with van der Waals surface area (Å²) in [4.78, 5) is 8.11. The van der Waals surface area contributed by atoms with Crippen molar-refractivity contribution in [1.29, 1.82) is 0 Å². The number of anilines is 1.